The van der Waals surface area contributed by atoms with Gasteiger partial charge >= 0.3 is 11.9 Å². The fourth-order valence-corrected chi connectivity index (χ4v) is 4.70. The van der Waals surface area contributed by atoms with Crippen molar-refractivity contribution in [1.82, 2.24) is 5.06 Å². The van der Waals surface area contributed by atoms with Crippen molar-refractivity contribution in [3.05, 3.63) is 35.4 Å². The number of esters is 1. The summed E-state index contributed by atoms with van der Waals surface area (Å²) in [6, 6.07) is 6.27. The molecule has 3 unspecified atom stereocenters. The van der Waals surface area contributed by atoms with Gasteiger partial charge in [-0.15, -0.1) is 0 Å². The highest BCUT2D eigenvalue weighted by atomic mass is 16.7. The van der Waals surface area contributed by atoms with Crippen LogP contribution in [0.5, 0.6) is 0 Å². The second-order valence-corrected chi connectivity index (χ2v) is 8.88. The van der Waals surface area contributed by atoms with Crippen molar-refractivity contribution in [2.45, 2.75) is 52.1 Å². The summed E-state index contributed by atoms with van der Waals surface area (Å²) >= 11 is 0. The van der Waals surface area contributed by atoms with Gasteiger partial charge in [0.1, 0.15) is 5.60 Å². The Hall–Kier alpha value is -2.70. The molecule has 2 bridgehead atoms. The second-order valence-electron chi connectivity index (χ2n) is 8.88. The van der Waals surface area contributed by atoms with Gasteiger partial charge in [-0.25, -0.2) is 4.79 Å². The first-order valence-electron chi connectivity index (χ1n) is 9.57. The number of amides is 2. The molecule has 4 rings (SSSR count). The zero-order chi connectivity index (χ0) is 20.3. The van der Waals surface area contributed by atoms with Crippen LogP contribution in [0.1, 0.15) is 67.2 Å². The molecule has 2 saturated carbocycles. The van der Waals surface area contributed by atoms with E-state index in [1.807, 2.05) is 0 Å². The SMILES string of the molecule is CC(C)(C)OC(=O)C1(C(=O)ON2C(=O)c3ccccc3C2=O)CC2CCC1C2. The number of carbonyl (C=O) groups excluding carboxylic acids is 4. The lowest BCUT2D eigenvalue weighted by Crippen LogP contribution is -2.50. The van der Waals surface area contributed by atoms with Crippen molar-refractivity contribution in [2.75, 3.05) is 0 Å². The summed E-state index contributed by atoms with van der Waals surface area (Å²) in [5.41, 5.74) is -1.87. The normalized spacial score (nSPS) is 28.5. The molecule has 0 aromatic heterocycles. The number of imide groups is 1. The first-order valence-corrected chi connectivity index (χ1v) is 9.57. The van der Waals surface area contributed by atoms with Crippen LogP contribution in [-0.2, 0) is 19.2 Å². The molecule has 1 heterocycles. The lowest BCUT2D eigenvalue weighted by molar-refractivity contribution is -0.198. The first-order chi connectivity index (χ1) is 13.1. The van der Waals surface area contributed by atoms with Crippen molar-refractivity contribution in [3.63, 3.8) is 0 Å². The van der Waals surface area contributed by atoms with E-state index in [1.54, 1.807) is 32.9 Å². The van der Waals surface area contributed by atoms with Crippen molar-refractivity contribution < 1.29 is 28.8 Å². The Morgan fingerprint density at radius 1 is 1.04 bits per heavy atom. The van der Waals surface area contributed by atoms with Crippen LogP contribution in [0.4, 0.5) is 0 Å². The minimum atomic E-state index is -1.47. The molecule has 7 heteroatoms. The lowest BCUT2D eigenvalue weighted by atomic mass is 9.73. The number of hydroxylamine groups is 2. The van der Waals surface area contributed by atoms with Gasteiger partial charge in [-0.1, -0.05) is 23.6 Å². The maximum atomic E-state index is 13.2. The first kappa shape index (κ1) is 18.7. The van der Waals surface area contributed by atoms with Gasteiger partial charge in [-0.2, -0.15) is 0 Å². The molecule has 0 saturated heterocycles. The van der Waals surface area contributed by atoms with Crippen molar-refractivity contribution in [3.8, 4) is 0 Å². The summed E-state index contributed by atoms with van der Waals surface area (Å²) in [7, 11) is 0. The van der Waals surface area contributed by atoms with E-state index in [2.05, 4.69) is 0 Å². The highest BCUT2D eigenvalue weighted by Crippen LogP contribution is 2.57. The predicted octanol–water partition coefficient (Wildman–Crippen LogP) is 2.89. The van der Waals surface area contributed by atoms with E-state index in [1.165, 1.54) is 12.1 Å². The Morgan fingerprint density at radius 3 is 2.11 bits per heavy atom. The molecule has 2 aliphatic carbocycles. The third-order valence-electron chi connectivity index (χ3n) is 5.91. The zero-order valence-electron chi connectivity index (χ0n) is 16.2. The largest absolute Gasteiger partial charge is 0.459 e. The molecule has 2 amide bonds. The summed E-state index contributed by atoms with van der Waals surface area (Å²) in [4.78, 5) is 56.6. The van der Waals surface area contributed by atoms with E-state index < -0.39 is 34.8 Å². The van der Waals surface area contributed by atoms with Crippen LogP contribution in [0.25, 0.3) is 0 Å². The quantitative estimate of drug-likeness (QED) is 0.451. The Kier molecular flexibility index (Phi) is 4.10. The molecule has 7 nitrogen and oxygen atoms in total. The molecule has 2 fully saturated rings. The van der Waals surface area contributed by atoms with Crippen molar-refractivity contribution in [2.24, 2.45) is 17.3 Å². The van der Waals surface area contributed by atoms with Crippen LogP contribution in [0, 0.1) is 17.3 Å². The van der Waals surface area contributed by atoms with E-state index in [9.17, 15) is 19.2 Å². The Labute approximate surface area is 162 Å². The molecule has 0 N–H and O–H groups in total. The molecule has 3 aliphatic rings. The fraction of sp³-hybridized carbons (Fsp3) is 0.524. The van der Waals surface area contributed by atoms with Gasteiger partial charge in [0.15, 0.2) is 5.41 Å². The number of nitrogens with zero attached hydrogens (tertiary/aromatic N) is 1. The standard InChI is InChI=1S/C21H23NO6/c1-20(2,3)27-18(25)21(11-12-8-9-13(21)10-12)19(26)28-22-16(23)14-6-4-5-7-15(14)17(22)24/h4-7,12-13H,8-11H2,1-3H3. The van der Waals surface area contributed by atoms with Crippen LogP contribution in [0.2, 0.25) is 0 Å². The van der Waals surface area contributed by atoms with E-state index >= 15 is 0 Å². The maximum Gasteiger partial charge on any atom is 0.350 e. The van der Waals surface area contributed by atoms with Crippen LogP contribution in [0.3, 0.4) is 0 Å². The van der Waals surface area contributed by atoms with Crippen molar-refractivity contribution in [1.29, 1.82) is 0 Å². The monoisotopic (exact) mass is 385 g/mol. The molecule has 148 valence electrons. The van der Waals surface area contributed by atoms with E-state index in [0.29, 0.717) is 11.5 Å². The Morgan fingerprint density at radius 2 is 1.64 bits per heavy atom. The number of carbonyl (C=O) groups is 4. The number of hydrogen-bond acceptors (Lipinski definition) is 6. The molecule has 0 spiro atoms. The van der Waals surface area contributed by atoms with Gasteiger partial charge in [-0.05, 0) is 64.0 Å². The number of fused-ring (bicyclic) bond motifs is 3. The molecule has 1 aliphatic heterocycles. The summed E-state index contributed by atoms with van der Waals surface area (Å²) < 4.78 is 5.55. The second kappa shape index (κ2) is 6.15. The summed E-state index contributed by atoms with van der Waals surface area (Å²) in [6.07, 6.45) is 2.75. The fourth-order valence-electron chi connectivity index (χ4n) is 4.70. The highest BCUT2D eigenvalue weighted by molar-refractivity contribution is 6.21. The third-order valence-corrected chi connectivity index (χ3v) is 5.91. The Balaban J connectivity index is 1.62. The van der Waals surface area contributed by atoms with Gasteiger partial charge in [0.2, 0.25) is 0 Å². The minimum Gasteiger partial charge on any atom is -0.459 e. The molecular formula is C21H23NO6. The maximum absolute atomic E-state index is 13.2. The number of ether oxygens (including phenoxy) is 1. The third kappa shape index (κ3) is 2.72. The lowest BCUT2D eigenvalue weighted by Gasteiger charge is -2.35. The van der Waals surface area contributed by atoms with Gasteiger partial charge < -0.3 is 9.57 Å². The summed E-state index contributed by atoms with van der Waals surface area (Å²) in [5, 5.41) is 0.477. The summed E-state index contributed by atoms with van der Waals surface area (Å²) in [6.45, 7) is 5.21. The Bertz CT molecular complexity index is 850. The summed E-state index contributed by atoms with van der Waals surface area (Å²) in [5.74, 6) is -2.85. The van der Waals surface area contributed by atoms with Crippen LogP contribution in [-0.4, -0.2) is 34.4 Å². The topological polar surface area (TPSA) is 90.0 Å². The minimum absolute atomic E-state index is 0.180. The van der Waals surface area contributed by atoms with Crippen molar-refractivity contribution >= 4 is 23.8 Å². The van der Waals surface area contributed by atoms with E-state index in [4.69, 9.17) is 9.57 Å². The molecule has 3 atom stereocenters. The molecule has 0 radical (unpaired) electrons. The zero-order valence-corrected chi connectivity index (χ0v) is 16.2. The average molecular weight is 385 g/mol. The van der Waals surface area contributed by atoms with Crippen LogP contribution >= 0.6 is 0 Å². The van der Waals surface area contributed by atoms with E-state index in [-0.39, 0.29) is 23.0 Å². The molecule has 28 heavy (non-hydrogen) atoms. The van der Waals surface area contributed by atoms with Gasteiger partial charge in [0.25, 0.3) is 11.8 Å². The molecule has 1 aromatic carbocycles. The number of hydrogen-bond donors (Lipinski definition) is 0. The van der Waals surface area contributed by atoms with E-state index in [0.717, 1.165) is 19.3 Å². The van der Waals surface area contributed by atoms with Crippen LogP contribution < -0.4 is 0 Å². The van der Waals surface area contributed by atoms with Gasteiger partial charge in [0.05, 0.1) is 11.1 Å². The molecular weight excluding hydrogens is 362 g/mol. The van der Waals surface area contributed by atoms with Crippen LogP contribution in [0.15, 0.2) is 24.3 Å². The highest BCUT2D eigenvalue weighted by Gasteiger charge is 2.64. The number of benzene rings is 1. The number of rotatable bonds is 3. The van der Waals surface area contributed by atoms with Gasteiger partial charge in [0, 0.05) is 0 Å². The van der Waals surface area contributed by atoms with Gasteiger partial charge in [-0.3, -0.25) is 14.4 Å². The smallest absolute Gasteiger partial charge is 0.350 e. The average Bonchev–Trinajstić information content (AvgIpc) is 3.30. The predicted molar refractivity (Wildman–Crippen MR) is 96.8 cm³/mol. The molecule has 1 aromatic rings.